The number of hydrogen-bond donors (Lipinski definition) is 1. The van der Waals surface area contributed by atoms with Gasteiger partial charge in [0.1, 0.15) is 17.2 Å². The first-order valence-corrected chi connectivity index (χ1v) is 10.3. The first-order valence-electron chi connectivity index (χ1n) is 10.3. The monoisotopic (exact) mass is 447 g/mol. The number of ether oxygens (including phenoxy) is 3. The van der Waals surface area contributed by atoms with E-state index in [1.807, 2.05) is 38.1 Å². The van der Waals surface area contributed by atoms with Gasteiger partial charge in [-0.1, -0.05) is 17.7 Å². The number of aryl methyl sites for hydroxylation is 2. The molecule has 0 aliphatic carbocycles. The number of benzene rings is 2. The molecule has 2 aromatic heterocycles. The molecular formula is C24H25N5O4. The van der Waals surface area contributed by atoms with Gasteiger partial charge < -0.3 is 19.5 Å². The molecule has 4 rings (SSSR count). The summed E-state index contributed by atoms with van der Waals surface area (Å²) in [6, 6.07) is 14.8. The molecule has 0 aliphatic rings. The van der Waals surface area contributed by atoms with Crippen LogP contribution in [0.5, 0.6) is 17.2 Å². The van der Waals surface area contributed by atoms with Crippen LogP contribution in [0.1, 0.15) is 21.6 Å². The van der Waals surface area contributed by atoms with E-state index in [4.69, 9.17) is 14.2 Å². The largest absolute Gasteiger partial charge is 0.497 e. The second-order valence-corrected chi connectivity index (χ2v) is 7.45. The van der Waals surface area contributed by atoms with Gasteiger partial charge in [0.2, 0.25) is 0 Å². The lowest BCUT2D eigenvalue weighted by molar-refractivity contribution is 0.102. The lowest BCUT2D eigenvalue weighted by Crippen LogP contribution is -2.14. The fourth-order valence-electron chi connectivity index (χ4n) is 3.16. The molecule has 1 N–H and O–H groups in total. The molecular weight excluding hydrogens is 422 g/mol. The maximum atomic E-state index is 12.5. The summed E-state index contributed by atoms with van der Waals surface area (Å²) in [5.41, 5.74) is 3.06. The number of anilines is 1. The van der Waals surface area contributed by atoms with E-state index < -0.39 is 0 Å². The number of amides is 1. The Labute approximate surface area is 191 Å². The number of methoxy groups -OCH3 is 1. The van der Waals surface area contributed by atoms with Crippen molar-refractivity contribution in [3.63, 3.8) is 0 Å². The average Bonchev–Trinajstić information content (AvgIpc) is 3.47. The highest BCUT2D eigenvalue weighted by atomic mass is 16.5. The van der Waals surface area contributed by atoms with Gasteiger partial charge in [-0.15, -0.1) is 0 Å². The number of carbonyl (C=O) groups excluding carboxylic acids is 1. The molecule has 0 spiro atoms. The zero-order chi connectivity index (χ0) is 23.2. The van der Waals surface area contributed by atoms with Crippen molar-refractivity contribution in [2.24, 2.45) is 0 Å². The van der Waals surface area contributed by atoms with E-state index in [-0.39, 0.29) is 25.1 Å². The smallest absolute Gasteiger partial charge is 0.276 e. The van der Waals surface area contributed by atoms with Gasteiger partial charge in [0.15, 0.2) is 19.2 Å². The molecule has 0 atom stereocenters. The summed E-state index contributed by atoms with van der Waals surface area (Å²) in [6.45, 7) is 4.44. The Balaban J connectivity index is 1.28. The fourth-order valence-corrected chi connectivity index (χ4v) is 3.16. The normalized spacial score (nSPS) is 10.6. The van der Waals surface area contributed by atoms with Crippen LogP contribution >= 0.6 is 0 Å². The summed E-state index contributed by atoms with van der Waals surface area (Å²) in [7, 11) is 1.61. The van der Waals surface area contributed by atoms with E-state index in [1.54, 1.807) is 53.3 Å². The van der Waals surface area contributed by atoms with Gasteiger partial charge in [-0.25, -0.2) is 9.36 Å². The Morgan fingerprint density at radius 3 is 2.48 bits per heavy atom. The molecule has 2 aromatic carbocycles. The Bertz CT molecular complexity index is 1230. The van der Waals surface area contributed by atoms with Crippen LogP contribution in [-0.4, -0.2) is 32.6 Å². The predicted octanol–water partition coefficient (Wildman–Crippen LogP) is 4.03. The Kier molecular flexibility index (Phi) is 6.58. The van der Waals surface area contributed by atoms with Crippen LogP contribution in [0.2, 0.25) is 0 Å². The lowest BCUT2D eigenvalue weighted by atomic mass is 10.1. The zero-order valence-corrected chi connectivity index (χ0v) is 18.7. The number of nitrogens with zero attached hydrogens (tertiary/aromatic N) is 4. The average molecular weight is 447 g/mol. The maximum Gasteiger partial charge on any atom is 0.276 e. The number of rotatable bonds is 9. The summed E-state index contributed by atoms with van der Waals surface area (Å²) >= 11 is 0. The number of aromatic nitrogens is 4. The molecule has 4 aromatic rings. The van der Waals surface area contributed by atoms with Crippen molar-refractivity contribution in [2.75, 3.05) is 12.4 Å². The molecule has 0 radical (unpaired) electrons. The molecule has 170 valence electrons. The SMILES string of the molecule is COc1ccc(OCn2ccc(C(=O)Nc3cnn(COc4ccc(C)cc4C)c3)n2)cc1. The first-order chi connectivity index (χ1) is 16.0. The summed E-state index contributed by atoms with van der Waals surface area (Å²) in [5.74, 6) is 1.88. The Morgan fingerprint density at radius 2 is 1.73 bits per heavy atom. The minimum absolute atomic E-state index is 0.174. The first kappa shape index (κ1) is 21.9. The van der Waals surface area contributed by atoms with Gasteiger partial charge >= 0.3 is 0 Å². The Hall–Kier alpha value is -4.27. The van der Waals surface area contributed by atoms with Crippen LogP contribution in [0.15, 0.2) is 67.1 Å². The molecule has 0 fully saturated rings. The standard InChI is InChI=1S/C24H25N5O4/c1-17-4-9-23(18(2)12-17)33-16-29-14-19(13-25-29)26-24(30)22-10-11-28(27-22)15-32-21-7-5-20(31-3)6-8-21/h4-14H,15-16H2,1-3H3,(H,26,30). The molecule has 0 bridgehead atoms. The van der Waals surface area contributed by atoms with Gasteiger partial charge in [0.05, 0.1) is 25.2 Å². The van der Waals surface area contributed by atoms with E-state index in [0.717, 1.165) is 17.1 Å². The number of carbonyl (C=O) groups is 1. The molecule has 0 saturated heterocycles. The third kappa shape index (κ3) is 5.70. The van der Waals surface area contributed by atoms with Gasteiger partial charge in [-0.2, -0.15) is 10.2 Å². The molecule has 9 nitrogen and oxygen atoms in total. The van der Waals surface area contributed by atoms with Crippen LogP contribution in [0.3, 0.4) is 0 Å². The minimum Gasteiger partial charge on any atom is -0.497 e. The third-order valence-electron chi connectivity index (χ3n) is 4.87. The number of nitrogens with one attached hydrogen (secondary N) is 1. The molecule has 0 unspecified atom stereocenters. The van der Waals surface area contributed by atoms with E-state index in [9.17, 15) is 4.79 Å². The van der Waals surface area contributed by atoms with Crippen molar-refractivity contribution in [1.82, 2.24) is 19.6 Å². The molecule has 1 amide bonds. The minimum atomic E-state index is -0.340. The lowest BCUT2D eigenvalue weighted by Gasteiger charge is -2.09. The molecule has 9 heteroatoms. The van der Waals surface area contributed by atoms with Gasteiger partial charge in [0, 0.05) is 6.20 Å². The van der Waals surface area contributed by atoms with Crippen molar-refractivity contribution in [3.05, 3.63) is 83.9 Å². The molecule has 0 saturated carbocycles. The van der Waals surface area contributed by atoms with Crippen molar-refractivity contribution in [3.8, 4) is 17.2 Å². The summed E-state index contributed by atoms with van der Waals surface area (Å²) in [5, 5.41) is 11.3. The highest BCUT2D eigenvalue weighted by Crippen LogP contribution is 2.20. The summed E-state index contributed by atoms with van der Waals surface area (Å²) in [4.78, 5) is 12.5. The van der Waals surface area contributed by atoms with Crippen LogP contribution in [0.25, 0.3) is 0 Å². The van der Waals surface area contributed by atoms with Crippen LogP contribution in [0, 0.1) is 13.8 Å². The second kappa shape index (κ2) is 9.90. The molecule has 33 heavy (non-hydrogen) atoms. The van der Waals surface area contributed by atoms with Gasteiger partial charge in [-0.05, 0) is 55.8 Å². The topological polar surface area (TPSA) is 92.4 Å². The zero-order valence-electron chi connectivity index (χ0n) is 18.7. The fraction of sp³-hybridized carbons (Fsp3) is 0.208. The van der Waals surface area contributed by atoms with E-state index >= 15 is 0 Å². The van der Waals surface area contributed by atoms with Crippen molar-refractivity contribution in [2.45, 2.75) is 27.3 Å². The van der Waals surface area contributed by atoms with Crippen molar-refractivity contribution >= 4 is 11.6 Å². The maximum absolute atomic E-state index is 12.5. The highest BCUT2D eigenvalue weighted by molar-refractivity contribution is 6.02. The van der Waals surface area contributed by atoms with Crippen LogP contribution < -0.4 is 19.5 Å². The van der Waals surface area contributed by atoms with E-state index in [2.05, 4.69) is 21.6 Å². The van der Waals surface area contributed by atoms with E-state index in [0.29, 0.717) is 11.4 Å². The molecule has 2 heterocycles. The van der Waals surface area contributed by atoms with Gasteiger partial charge in [0.25, 0.3) is 5.91 Å². The summed E-state index contributed by atoms with van der Waals surface area (Å²) < 4.78 is 19.8. The van der Waals surface area contributed by atoms with Crippen molar-refractivity contribution < 1.29 is 19.0 Å². The number of hydrogen-bond acceptors (Lipinski definition) is 6. The third-order valence-corrected chi connectivity index (χ3v) is 4.87. The van der Waals surface area contributed by atoms with Crippen molar-refractivity contribution in [1.29, 1.82) is 0 Å². The molecule has 0 aliphatic heterocycles. The Morgan fingerprint density at radius 1 is 0.970 bits per heavy atom. The van der Waals surface area contributed by atoms with Crippen LogP contribution in [0.4, 0.5) is 5.69 Å². The summed E-state index contributed by atoms with van der Waals surface area (Å²) in [6.07, 6.45) is 4.94. The highest BCUT2D eigenvalue weighted by Gasteiger charge is 2.12. The van der Waals surface area contributed by atoms with E-state index in [1.165, 1.54) is 5.56 Å². The predicted molar refractivity (Wildman–Crippen MR) is 123 cm³/mol. The van der Waals surface area contributed by atoms with Gasteiger partial charge in [-0.3, -0.25) is 4.79 Å². The second-order valence-electron chi connectivity index (χ2n) is 7.45. The quantitative estimate of drug-likeness (QED) is 0.416. The van der Waals surface area contributed by atoms with Crippen LogP contribution in [-0.2, 0) is 13.5 Å².